The third kappa shape index (κ3) is 3.71. The minimum atomic E-state index is -0.257. The zero-order valence-electron chi connectivity index (χ0n) is 17.2. The molecule has 2 amide bonds. The minimum Gasteiger partial charge on any atom is -0.493 e. The van der Waals surface area contributed by atoms with E-state index >= 15 is 0 Å². The normalized spacial score (nSPS) is 25.8. The smallest absolute Gasteiger partial charge is 0.254 e. The molecular weight excluding hydrogens is 543 g/mol. The molecule has 1 saturated carbocycles. The van der Waals surface area contributed by atoms with Crippen molar-refractivity contribution >= 4 is 52.2 Å². The van der Waals surface area contributed by atoms with E-state index in [0.717, 1.165) is 20.6 Å². The highest BCUT2D eigenvalue weighted by molar-refractivity contribution is 14.1. The Morgan fingerprint density at radius 1 is 1.12 bits per heavy atom. The second-order valence-corrected chi connectivity index (χ2v) is 9.78. The number of ether oxygens (including phenoxy) is 2. The number of carbonyl (C=O) groups is 2. The zero-order chi connectivity index (χ0) is 22.4. The van der Waals surface area contributed by atoms with Gasteiger partial charge in [-0.05, 0) is 76.2 Å². The molecule has 0 radical (unpaired) electrons. The molecule has 1 heterocycles. The molecule has 5 rings (SSSR count). The third-order valence-electron chi connectivity index (χ3n) is 6.32. The summed E-state index contributed by atoms with van der Waals surface area (Å²) in [5, 5.41) is 5.97. The Morgan fingerprint density at radius 2 is 1.78 bits per heavy atom. The van der Waals surface area contributed by atoms with Crippen LogP contribution in [0.3, 0.4) is 0 Å². The first-order valence-corrected chi connectivity index (χ1v) is 11.8. The van der Waals surface area contributed by atoms with Crippen molar-refractivity contribution in [2.75, 3.05) is 7.11 Å². The van der Waals surface area contributed by atoms with E-state index in [1.807, 2.05) is 30.3 Å². The van der Waals surface area contributed by atoms with Crippen LogP contribution in [0.15, 0.2) is 53.7 Å². The second-order valence-electron chi connectivity index (χ2n) is 8.18. The Bertz CT molecular complexity index is 1120. The van der Waals surface area contributed by atoms with Crippen LogP contribution < -0.4 is 9.47 Å². The summed E-state index contributed by atoms with van der Waals surface area (Å²) < 4.78 is 12.3. The molecule has 3 aliphatic rings. The predicted molar refractivity (Wildman–Crippen MR) is 129 cm³/mol. The number of imide groups is 1. The Labute approximate surface area is 204 Å². The van der Waals surface area contributed by atoms with Crippen molar-refractivity contribution in [1.29, 1.82) is 0 Å². The van der Waals surface area contributed by atoms with Crippen LogP contribution >= 0.6 is 34.2 Å². The lowest BCUT2D eigenvalue weighted by Crippen LogP contribution is -2.28. The Balaban J connectivity index is 1.33. The van der Waals surface area contributed by atoms with Crippen LogP contribution in [0.25, 0.3) is 0 Å². The van der Waals surface area contributed by atoms with Gasteiger partial charge in [0.15, 0.2) is 11.5 Å². The molecule has 8 heteroatoms. The van der Waals surface area contributed by atoms with Gasteiger partial charge in [0.25, 0.3) is 11.8 Å². The van der Waals surface area contributed by atoms with E-state index in [1.165, 1.54) is 6.21 Å². The number of hydrogen-bond donors (Lipinski definition) is 0. The molecule has 4 atom stereocenters. The first-order valence-electron chi connectivity index (χ1n) is 10.3. The SMILES string of the molecule is COc1cc(C=NN2C(=O)[C@@H]3[C@H](C2=O)[C@H]2C=C[C@H]3C2)cc(I)c1OCc1ccc(Cl)cc1. The number of methoxy groups -OCH3 is 1. The van der Waals surface area contributed by atoms with Crippen LogP contribution in [0.1, 0.15) is 17.5 Å². The molecule has 0 unspecified atom stereocenters. The predicted octanol–water partition coefficient (Wildman–Crippen LogP) is 4.67. The van der Waals surface area contributed by atoms with Gasteiger partial charge in [-0.2, -0.15) is 10.1 Å². The van der Waals surface area contributed by atoms with Gasteiger partial charge in [0.1, 0.15) is 6.61 Å². The number of allylic oxidation sites excluding steroid dienone is 2. The highest BCUT2D eigenvalue weighted by Crippen LogP contribution is 2.52. The number of nitrogens with zero attached hydrogens (tertiary/aromatic N) is 2. The van der Waals surface area contributed by atoms with E-state index in [0.29, 0.717) is 28.7 Å². The maximum atomic E-state index is 12.8. The van der Waals surface area contributed by atoms with Crippen LogP contribution in [-0.4, -0.2) is 30.1 Å². The highest BCUT2D eigenvalue weighted by atomic mass is 127. The molecule has 2 aromatic rings. The summed E-state index contributed by atoms with van der Waals surface area (Å²) >= 11 is 8.11. The average molecular weight is 563 g/mol. The number of benzene rings is 2. The molecule has 164 valence electrons. The van der Waals surface area contributed by atoms with Gasteiger partial charge in [-0.15, -0.1) is 0 Å². The summed E-state index contributed by atoms with van der Waals surface area (Å²) in [6.45, 7) is 0.368. The topological polar surface area (TPSA) is 68.2 Å². The van der Waals surface area contributed by atoms with Gasteiger partial charge < -0.3 is 9.47 Å². The number of halogens is 2. The van der Waals surface area contributed by atoms with Crippen LogP contribution in [0.2, 0.25) is 5.02 Å². The molecule has 0 spiro atoms. The molecule has 1 saturated heterocycles. The first-order chi connectivity index (χ1) is 15.5. The maximum Gasteiger partial charge on any atom is 0.254 e. The van der Waals surface area contributed by atoms with E-state index < -0.39 is 0 Å². The fourth-order valence-electron chi connectivity index (χ4n) is 4.82. The summed E-state index contributed by atoms with van der Waals surface area (Å²) in [7, 11) is 1.57. The van der Waals surface area contributed by atoms with E-state index in [2.05, 4.69) is 39.8 Å². The number of amides is 2. The highest BCUT2D eigenvalue weighted by Gasteiger charge is 2.59. The molecule has 0 N–H and O–H groups in total. The quantitative estimate of drug-likeness (QED) is 0.222. The number of rotatable bonds is 6. The number of hydrogen-bond acceptors (Lipinski definition) is 5. The Kier molecular flexibility index (Phi) is 5.71. The van der Waals surface area contributed by atoms with Gasteiger partial charge in [0.2, 0.25) is 0 Å². The van der Waals surface area contributed by atoms with E-state index in [4.69, 9.17) is 21.1 Å². The summed E-state index contributed by atoms with van der Waals surface area (Å²) in [6.07, 6.45) is 6.57. The number of carbonyl (C=O) groups excluding carboxylic acids is 2. The second kappa shape index (κ2) is 8.51. The Morgan fingerprint density at radius 3 is 2.41 bits per heavy atom. The fourth-order valence-corrected chi connectivity index (χ4v) is 5.72. The van der Waals surface area contributed by atoms with Crippen molar-refractivity contribution in [2.45, 2.75) is 13.0 Å². The lowest BCUT2D eigenvalue weighted by atomic mass is 9.85. The van der Waals surface area contributed by atoms with Gasteiger partial charge in [0, 0.05) is 5.02 Å². The molecule has 2 aromatic carbocycles. The first kappa shape index (κ1) is 21.5. The molecule has 1 aliphatic heterocycles. The largest absolute Gasteiger partial charge is 0.493 e. The van der Waals surface area contributed by atoms with Gasteiger partial charge >= 0.3 is 0 Å². The monoisotopic (exact) mass is 562 g/mol. The van der Waals surface area contributed by atoms with Crippen molar-refractivity contribution in [3.8, 4) is 11.5 Å². The van der Waals surface area contributed by atoms with Crippen molar-refractivity contribution in [3.63, 3.8) is 0 Å². The van der Waals surface area contributed by atoms with Crippen LogP contribution in [0, 0.1) is 27.2 Å². The van der Waals surface area contributed by atoms with Crippen molar-refractivity contribution < 1.29 is 19.1 Å². The molecule has 32 heavy (non-hydrogen) atoms. The molecule has 2 bridgehead atoms. The van der Waals surface area contributed by atoms with E-state index in [9.17, 15) is 9.59 Å². The molecule has 0 aromatic heterocycles. The maximum absolute atomic E-state index is 12.8. The minimum absolute atomic E-state index is 0.166. The lowest BCUT2D eigenvalue weighted by molar-refractivity contribution is -0.140. The van der Waals surface area contributed by atoms with Crippen LogP contribution in [0.5, 0.6) is 11.5 Å². The van der Waals surface area contributed by atoms with E-state index in [-0.39, 0.29) is 35.5 Å². The van der Waals surface area contributed by atoms with Crippen molar-refractivity contribution in [3.05, 3.63) is 68.3 Å². The summed E-state index contributed by atoms with van der Waals surface area (Å²) in [6, 6.07) is 11.1. The Hall–Kier alpha value is -2.39. The molecule has 2 aliphatic carbocycles. The molecule has 2 fully saturated rings. The van der Waals surface area contributed by atoms with Gasteiger partial charge in [-0.25, -0.2) is 0 Å². The van der Waals surface area contributed by atoms with Crippen LogP contribution in [-0.2, 0) is 16.2 Å². The summed E-state index contributed by atoms with van der Waals surface area (Å²) in [5.41, 5.74) is 1.70. The van der Waals surface area contributed by atoms with Gasteiger partial charge in [-0.3, -0.25) is 9.59 Å². The average Bonchev–Trinajstić information content (AvgIpc) is 3.46. The van der Waals surface area contributed by atoms with Crippen LogP contribution in [0.4, 0.5) is 0 Å². The fraction of sp³-hybridized carbons (Fsp3) is 0.292. The third-order valence-corrected chi connectivity index (χ3v) is 7.37. The van der Waals surface area contributed by atoms with Gasteiger partial charge in [-0.1, -0.05) is 35.9 Å². The summed E-state index contributed by atoms with van der Waals surface area (Å²) in [5.74, 6) is 0.590. The molecular formula is C24H20ClIN2O4. The number of fused-ring (bicyclic) bond motifs is 5. The van der Waals surface area contributed by atoms with Gasteiger partial charge in [0.05, 0.1) is 28.7 Å². The lowest BCUT2D eigenvalue weighted by Gasteiger charge is -2.14. The zero-order valence-corrected chi connectivity index (χ0v) is 20.1. The van der Waals surface area contributed by atoms with Crippen molar-refractivity contribution in [2.24, 2.45) is 28.8 Å². The number of hydrazone groups is 1. The molecule has 6 nitrogen and oxygen atoms in total. The van der Waals surface area contributed by atoms with Crippen molar-refractivity contribution in [1.82, 2.24) is 5.01 Å². The summed E-state index contributed by atoms with van der Waals surface area (Å²) in [4.78, 5) is 25.6. The standard InChI is InChI=1S/C24H20ClIN2O4/c1-31-19-9-14(8-18(26)22(19)32-12-13-2-6-17(25)7-3-13)11-27-28-23(29)20-15-4-5-16(10-15)21(20)24(28)30/h2-9,11,15-16,20-21H,10,12H2,1H3/t15-,16-,20-,21+/m0/s1. The van der Waals surface area contributed by atoms with E-state index in [1.54, 1.807) is 13.2 Å².